The van der Waals surface area contributed by atoms with Crippen LogP contribution in [0.4, 0.5) is 0 Å². The molecule has 3 unspecified atom stereocenters. The van der Waals surface area contributed by atoms with Crippen LogP contribution in [-0.4, -0.2) is 29.6 Å². The molecule has 18 heavy (non-hydrogen) atoms. The van der Waals surface area contributed by atoms with Crippen molar-refractivity contribution in [3.05, 3.63) is 0 Å². The van der Waals surface area contributed by atoms with Crippen molar-refractivity contribution in [1.82, 2.24) is 10.2 Å². The molecule has 1 aliphatic carbocycles. The quantitative estimate of drug-likeness (QED) is 0.788. The number of rotatable bonds is 6. The number of carbonyl (C=O) groups excluding carboxylic acids is 1. The predicted octanol–water partition coefficient (Wildman–Crippen LogP) is 2.62. The largest absolute Gasteiger partial charge is 0.326 e. The molecule has 1 N–H and O–H groups in total. The van der Waals surface area contributed by atoms with Crippen molar-refractivity contribution in [1.29, 1.82) is 0 Å². The number of nitrogens with zero attached hydrogens (tertiary/aromatic N) is 1. The van der Waals surface area contributed by atoms with Gasteiger partial charge in [0.15, 0.2) is 0 Å². The Morgan fingerprint density at radius 1 is 1.33 bits per heavy atom. The second-order valence-corrected chi connectivity index (χ2v) is 6.50. The third-order valence-corrected chi connectivity index (χ3v) is 4.44. The van der Waals surface area contributed by atoms with Gasteiger partial charge in [-0.05, 0) is 37.0 Å². The number of carbonyl (C=O) groups is 1. The van der Waals surface area contributed by atoms with Crippen LogP contribution < -0.4 is 5.32 Å². The van der Waals surface area contributed by atoms with Crippen LogP contribution in [-0.2, 0) is 4.79 Å². The van der Waals surface area contributed by atoms with E-state index in [1.807, 2.05) is 0 Å². The van der Waals surface area contributed by atoms with E-state index in [-0.39, 0.29) is 12.2 Å². The van der Waals surface area contributed by atoms with Gasteiger partial charge in [-0.15, -0.1) is 0 Å². The molecule has 0 spiro atoms. The lowest BCUT2D eigenvalue weighted by Crippen LogP contribution is -2.40. The van der Waals surface area contributed by atoms with Crippen LogP contribution >= 0.6 is 0 Å². The van der Waals surface area contributed by atoms with E-state index in [0.717, 1.165) is 25.3 Å². The summed E-state index contributed by atoms with van der Waals surface area (Å²) in [6.45, 7) is 9.71. The summed E-state index contributed by atoms with van der Waals surface area (Å²) in [6, 6.07) is 0.0351. The SMILES string of the molecule is CCCC1NC(C(C)C)C(=O)N1CC(C)C1CC1. The van der Waals surface area contributed by atoms with Crippen molar-refractivity contribution in [2.45, 2.75) is 65.6 Å². The monoisotopic (exact) mass is 252 g/mol. The topological polar surface area (TPSA) is 32.3 Å². The summed E-state index contributed by atoms with van der Waals surface area (Å²) in [5, 5.41) is 3.53. The third-order valence-electron chi connectivity index (χ3n) is 4.44. The molecule has 2 fully saturated rings. The Morgan fingerprint density at radius 2 is 2.00 bits per heavy atom. The van der Waals surface area contributed by atoms with Crippen LogP contribution in [0, 0.1) is 17.8 Å². The van der Waals surface area contributed by atoms with Crippen LogP contribution in [0.5, 0.6) is 0 Å². The molecular formula is C15H28N2O. The molecule has 0 bridgehead atoms. The van der Waals surface area contributed by atoms with Crippen molar-refractivity contribution >= 4 is 5.91 Å². The molecule has 0 aromatic rings. The van der Waals surface area contributed by atoms with Gasteiger partial charge in [-0.3, -0.25) is 10.1 Å². The van der Waals surface area contributed by atoms with Crippen LogP contribution in [0.3, 0.4) is 0 Å². The molecule has 0 aromatic carbocycles. The molecule has 104 valence electrons. The van der Waals surface area contributed by atoms with Gasteiger partial charge >= 0.3 is 0 Å². The van der Waals surface area contributed by atoms with E-state index in [9.17, 15) is 4.79 Å². The number of hydrogen-bond acceptors (Lipinski definition) is 2. The summed E-state index contributed by atoms with van der Waals surface area (Å²) in [6.07, 6.45) is 5.21. The fraction of sp³-hybridized carbons (Fsp3) is 0.933. The van der Waals surface area contributed by atoms with Crippen LogP contribution in [0.25, 0.3) is 0 Å². The summed E-state index contributed by atoms with van der Waals surface area (Å²) < 4.78 is 0. The molecule has 1 amide bonds. The molecule has 0 aromatic heterocycles. The smallest absolute Gasteiger partial charge is 0.241 e. The number of hydrogen-bond donors (Lipinski definition) is 1. The molecule has 3 atom stereocenters. The summed E-state index contributed by atoms with van der Waals surface area (Å²) in [4.78, 5) is 14.6. The molecule has 1 aliphatic heterocycles. The molecule has 0 radical (unpaired) electrons. The fourth-order valence-electron chi connectivity index (χ4n) is 3.03. The molecule has 2 aliphatic rings. The van der Waals surface area contributed by atoms with E-state index in [2.05, 4.69) is 37.9 Å². The summed E-state index contributed by atoms with van der Waals surface area (Å²) in [5.74, 6) is 2.26. The van der Waals surface area contributed by atoms with Crippen molar-refractivity contribution < 1.29 is 4.79 Å². The first-order chi connectivity index (χ1) is 8.54. The van der Waals surface area contributed by atoms with Gasteiger partial charge in [0.2, 0.25) is 5.91 Å². The van der Waals surface area contributed by atoms with Crippen molar-refractivity contribution in [3.63, 3.8) is 0 Å². The minimum atomic E-state index is 0.0351. The Morgan fingerprint density at radius 3 is 2.50 bits per heavy atom. The van der Waals surface area contributed by atoms with Crippen molar-refractivity contribution in [3.8, 4) is 0 Å². The second-order valence-electron chi connectivity index (χ2n) is 6.50. The molecule has 3 heteroatoms. The van der Waals surface area contributed by atoms with E-state index in [1.165, 1.54) is 12.8 Å². The Hall–Kier alpha value is -0.570. The van der Waals surface area contributed by atoms with Gasteiger partial charge in [0, 0.05) is 6.54 Å². The zero-order chi connectivity index (χ0) is 13.3. The molecule has 2 rings (SSSR count). The standard InChI is InChI=1S/C15H28N2O/c1-5-6-13-16-14(10(2)3)15(18)17(13)9-11(4)12-7-8-12/h10-14,16H,5-9H2,1-4H3. The van der Waals surface area contributed by atoms with E-state index >= 15 is 0 Å². The molecule has 1 saturated carbocycles. The first kappa shape index (κ1) is 13.9. The highest BCUT2D eigenvalue weighted by molar-refractivity contribution is 5.84. The lowest BCUT2D eigenvalue weighted by molar-refractivity contribution is -0.131. The van der Waals surface area contributed by atoms with E-state index in [0.29, 0.717) is 17.7 Å². The van der Waals surface area contributed by atoms with Gasteiger partial charge in [0.25, 0.3) is 0 Å². The maximum Gasteiger partial charge on any atom is 0.241 e. The van der Waals surface area contributed by atoms with Crippen LogP contribution in [0.2, 0.25) is 0 Å². The van der Waals surface area contributed by atoms with Crippen molar-refractivity contribution in [2.24, 2.45) is 17.8 Å². The second kappa shape index (κ2) is 5.60. The fourth-order valence-corrected chi connectivity index (χ4v) is 3.03. The van der Waals surface area contributed by atoms with Gasteiger partial charge in [-0.1, -0.05) is 34.1 Å². The Kier molecular flexibility index (Phi) is 4.31. The molecule has 1 saturated heterocycles. The zero-order valence-electron chi connectivity index (χ0n) is 12.3. The van der Waals surface area contributed by atoms with Gasteiger partial charge in [0.1, 0.15) is 0 Å². The molecule has 1 heterocycles. The highest BCUT2D eigenvalue weighted by Gasteiger charge is 2.41. The molecule has 3 nitrogen and oxygen atoms in total. The van der Waals surface area contributed by atoms with Gasteiger partial charge in [0.05, 0.1) is 12.2 Å². The average Bonchev–Trinajstić information content (AvgIpc) is 3.10. The zero-order valence-corrected chi connectivity index (χ0v) is 12.3. The maximum absolute atomic E-state index is 12.5. The average molecular weight is 252 g/mol. The summed E-state index contributed by atoms with van der Waals surface area (Å²) in [7, 11) is 0. The highest BCUT2D eigenvalue weighted by Crippen LogP contribution is 2.37. The predicted molar refractivity (Wildman–Crippen MR) is 74.1 cm³/mol. The van der Waals surface area contributed by atoms with Gasteiger partial charge < -0.3 is 4.90 Å². The molecular weight excluding hydrogens is 224 g/mol. The maximum atomic E-state index is 12.5. The van der Waals surface area contributed by atoms with Crippen LogP contribution in [0.15, 0.2) is 0 Å². The Bertz CT molecular complexity index is 299. The normalized spacial score (nSPS) is 30.3. The summed E-state index contributed by atoms with van der Waals surface area (Å²) >= 11 is 0. The minimum absolute atomic E-state index is 0.0351. The van der Waals surface area contributed by atoms with Crippen LogP contribution in [0.1, 0.15) is 53.4 Å². The third kappa shape index (κ3) is 2.87. The van der Waals surface area contributed by atoms with E-state index in [1.54, 1.807) is 0 Å². The van der Waals surface area contributed by atoms with E-state index < -0.39 is 0 Å². The Balaban J connectivity index is 2.00. The highest BCUT2D eigenvalue weighted by atomic mass is 16.2. The van der Waals surface area contributed by atoms with Crippen molar-refractivity contribution in [2.75, 3.05) is 6.54 Å². The minimum Gasteiger partial charge on any atom is -0.326 e. The number of nitrogens with one attached hydrogen (secondary N) is 1. The van der Waals surface area contributed by atoms with Gasteiger partial charge in [-0.2, -0.15) is 0 Å². The lowest BCUT2D eigenvalue weighted by Gasteiger charge is -2.27. The summed E-state index contributed by atoms with van der Waals surface area (Å²) in [5.41, 5.74) is 0. The first-order valence-corrected chi connectivity index (χ1v) is 7.61. The van der Waals surface area contributed by atoms with E-state index in [4.69, 9.17) is 0 Å². The van der Waals surface area contributed by atoms with Gasteiger partial charge in [-0.25, -0.2) is 0 Å². The first-order valence-electron chi connectivity index (χ1n) is 7.61. The lowest BCUT2D eigenvalue weighted by atomic mass is 10.0. The Labute approximate surface area is 111 Å². The number of amides is 1.